The van der Waals surface area contributed by atoms with E-state index >= 15 is 0 Å². The molecule has 2 aliphatic heterocycles. The van der Waals surface area contributed by atoms with Crippen molar-refractivity contribution in [3.05, 3.63) is 48.0 Å². The molecule has 20 heteroatoms. The molecule has 2 saturated carbocycles. The molecule has 0 spiro atoms. The third-order valence-corrected chi connectivity index (χ3v) is 17.7. The summed E-state index contributed by atoms with van der Waals surface area (Å²) < 4.78 is 114. The van der Waals surface area contributed by atoms with E-state index in [-0.39, 0.29) is 89.6 Å². The van der Waals surface area contributed by atoms with Crippen LogP contribution in [0.15, 0.2) is 46.2 Å². The van der Waals surface area contributed by atoms with E-state index in [0.717, 1.165) is 22.7 Å². The van der Waals surface area contributed by atoms with Crippen molar-refractivity contribution in [3.63, 3.8) is 0 Å². The third-order valence-electron chi connectivity index (χ3n) is 14.0. The lowest BCUT2D eigenvalue weighted by Gasteiger charge is -2.30. The lowest BCUT2D eigenvalue weighted by atomic mass is 9.86. The fraction of sp³-hybridized carbons (Fsp3) is 0.667. The van der Waals surface area contributed by atoms with Gasteiger partial charge in [0.15, 0.2) is 0 Å². The fourth-order valence-electron chi connectivity index (χ4n) is 10.1. The van der Waals surface area contributed by atoms with E-state index in [4.69, 9.17) is 9.97 Å². The largest absolute Gasteiger partial charge is 0.481 e. The Balaban J connectivity index is 0.000000202. The highest BCUT2D eigenvalue weighted by atomic mass is 32.2. The maximum atomic E-state index is 13.7. The van der Waals surface area contributed by atoms with Gasteiger partial charge in [-0.3, -0.25) is 9.59 Å². The predicted octanol–water partition coefficient (Wildman–Crippen LogP) is 8.56. The molecule has 2 saturated heterocycles. The number of hydrogen-bond donors (Lipinski definition) is 2. The van der Waals surface area contributed by atoms with Gasteiger partial charge >= 0.3 is 5.97 Å². The number of fused-ring (bicyclic) bond motifs is 2. The summed E-state index contributed by atoms with van der Waals surface area (Å²) in [5, 5.41) is 12.0. The molecule has 0 radical (unpaired) electrons. The number of benzene rings is 2. The number of carboxylic acid groups (broad SMARTS) is 1. The van der Waals surface area contributed by atoms with Crippen LogP contribution in [0.25, 0.3) is 22.1 Å². The predicted molar refractivity (Wildman–Crippen MR) is 251 cm³/mol. The lowest BCUT2D eigenvalue weighted by molar-refractivity contribution is -0.141. The van der Waals surface area contributed by atoms with Crippen molar-refractivity contribution in [2.75, 3.05) is 32.7 Å². The zero-order valence-electron chi connectivity index (χ0n) is 40.2. The molecule has 4 fully saturated rings. The number of carbonyl (C=O) groups excluding carboxylic acids is 1. The smallest absolute Gasteiger partial charge is 0.307 e. The molecule has 4 heterocycles. The zero-order chi connectivity index (χ0) is 49.8. The van der Waals surface area contributed by atoms with E-state index in [2.05, 4.69) is 14.5 Å². The van der Waals surface area contributed by atoms with Crippen LogP contribution in [-0.4, -0.2) is 106 Å². The van der Waals surface area contributed by atoms with Gasteiger partial charge in [-0.15, -0.1) is 0 Å². The second kappa shape index (κ2) is 19.2. The van der Waals surface area contributed by atoms with E-state index in [9.17, 15) is 49.1 Å². The topological polar surface area (TPSA) is 177 Å². The molecule has 2 aliphatic carbocycles. The molecule has 8 rings (SSSR count). The normalized spacial score (nSPS) is 22.4. The minimum absolute atomic E-state index is 0.0380. The molecule has 1 amide bonds. The number of amides is 1. The number of carboxylic acids is 1. The van der Waals surface area contributed by atoms with E-state index in [1.165, 1.54) is 14.7 Å². The lowest BCUT2D eigenvalue weighted by Crippen LogP contribution is -2.34. The molecule has 4 aliphatic rings. The molecule has 14 nitrogen and oxygen atoms in total. The number of rotatable bonds is 11. The minimum atomic E-state index is -3.84. The molecule has 2 atom stereocenters. The van der Waals surface area contributed by atoms with Crippen LogP contribution in [0, 0.1) is 23.7 Å². The Morgan fingerprint density at radius 1 is 0.662 bits per heavy atom. The highest BCUT2D eigenvalue weighted by molar-refractivity contribution is 7.89. The second-order valence-corrected chi connectivity index (χ2v) is 25.3. The number of alkyl halides is 4. The van der Waals surface area contributed by atoms with Crippen LogP contribution in [0.5, 0.6) is 0 Å². The van der Waals surface area contributed by atoms with Crippen molar-refractivity contribution < 1.29 is 49.1 Å². The zero-order valence-corrected chi connectivity index (χ0v) is 41.8. The maximum absolute atomic E-state index is 13.7. The van der Waals surface area contributed by atoms with Crippen LogP contribution in [0.1, 0.15) is 124 Å². The SMILES string of the molecule is CC(C)(C)c1nc2cc(S(=O)(=O)N3CC[C@H](C(=O)O)C3)ccc2n1CC1CCC(F)(F)CC1.CCNC(=O)[C@H]1CCN(S(=O)(=O)c2ccc3c(c2)nc(C(C)(C)C)n3CC2CCC(F)(F)CC2)C1. The summed E-state index contributed by atoms with van der Waals surface area (Å²) in [6.45, 7) is 16.3. The van der Waals surface area contributed by atoms with Crippen LogP contribution in [0.4, 0.5) is 17.6 Å². The van der Waals surface area contributed by atoms with Crippen LogP contribution in [-0.2, 0) is 53.6 Å². The molecule has 4 aromatic rings. The summed E-state index contributed by atoms with van der Waals surface area (Å²) >= 11 is 0. The van der Waals surface area contributed by atoms with Gasteiger partial charge in [-0.25, -0.2) is 44.4 Å². The van der Waals surface area contributed by atoms with Crippen LogP contribution in [0.2, 0.25) is 0 Å². The van der Waals surface area contributed by atoms with E-state index in [1.807, 2.05) is 48.5 Å². The van der Waals surface area contributed by atoms with Crippen molar-refractivity contribution in [3.8, 4) is 0 Å². The first-order valence-corrected chi connectivity index (χ1v) is 26.8. The van der Waals surface area contributed by atoms with Crippen molar-refractivity contribution in [2.45, 2.75) is 158 Å². The van der Waals surface area contributed by atoms with E-state index in [0.29, 0.717) is 75.7 Å². The van der Waals surface area contributed by atoms with Gasteiger partial charge in [-0.05, 0) is 93.7 Å². The van der Waals surface area contributed by atoms with Gasteiger partial charge in [-0.1, -0.05) is 41.5 Å². The number of aliphatic carboxylic acids is 1. The van der Waals surface area contributed by atoms with E-state index < -0.39 is 43.8 Å². The molecular formula is C48H67F4N7O7S2. The first-order chi connectivity index (χ1) is 31.6. The van der Waals surface area contributed by atoms with E-state index in [1.54, 1.807) is 30.3 Å². The van der Waals surface area contributed by atoms with Gasteiger partial charge in [0.2, 0.25) is 37.8 Å². The van der Waals surface area contributed by atoms with Crippen LogP contribution >= 0.6 is 0 Å². The number of nitrogens with zero attached hydrogens (tertiary/aromatic N) is 6. The maximum Gasteiger partial charge on any atom is 0.307 e. The summed E-state index contributed by atoms with van der Waals surface area (Å²) in [6, 6.07) is 9.78. The summed E-state index contributed by atoms with van der Waals surface area (Å²) in [7, 11) is -7.61. The average Bonchev–Trinajstić information content (AvgIpc) is 4.08. The average molecular weight is 994 g/mol. The molecule has 2 aromatic heterocycles. The number of sulfonamides is 2. The van der Waals surface area contributed by atoms with Gasteiger partial charge in [0.05, 0.1) is 43.7 Å². The van der Waals surface area contributed by atoms with Gasteiger partial charge in [0.1, 0.15) is 11.6 Å². The number of aromatic nitrogens is 4. The number of hydrogen-bond acceptors (Lipinski definition) is 8. The number of nitrogens with one attached hydrogen (secondary N) is 1. The second-order valence-electron chi connectivity index (χ2n) is 21.4. The number of imidazole rings is 2. The highest BCUT2D eigenvalue weighted by Crippen LogP contribution is 2.40. The Morgan fingerprint density at radius 3 is 1.40 bits per heavy atom. The Labute approximate surface area is 397 Å². The highest BCUT2D eigenvalue weighted by Gasteiger charge is 2.40. The molecule has 376 valence electrons. The molecule has 0 bridgehead atoms. The first-order valence-electron chi connectivity index (χ1n) is 23.9. The summed E-state index contributed by atoms with van der Waals surface area (Å²) in [5.74, 6) is -5.45. The summed E-state index contributed by atoms with van der Waals surface area (Å²) in [5.41, 5.74) is 2.09. The third kappa shape index (κ3) is 11.2. The van der Waals surface area contributed by atoms with Crippen molar-refractivity contribution >= 4 is 54.0 Å². The molecule has 2 aromatic carbocycles. The molecule has 0 unspecified atom stereocenters. The molecule has 2 N–H and O–H groups in total. The Hall–Kier alpha value is -4.14. The Kier molecular flexibility index (Phi) is 14.6. The Morgan fingerprint density at radius 2 is 1.04 bits per heavy atom. The van der Waals surface area contributed by atoms with Crippen molar-refractivity contribution in [1.29, 1.82) is 0 Å². The van der Waals surface area contributed by atoms with Gasteiger partial charge in [-0.2, -0.15) is 8.61 Å². The fourth-order valence-corrected chi connectivity index (χ4v) is 13.1. The monoisotopic (exact) mass is 993 g/mol. The van der Waals surface area contributed by atoms with Crippen molar-refractivity contribution in [2.24, 2.45) is 23.7 Å². The van der Waals surface area contributed by atoms with Crippen LogP contribution < -0.4 is 5.32 Å². The standard InChI is InChI=1S/C25H36F2N4O3S.C23H31F2N3O4S/c1-5-28-22(32)18-10-13-30(16-18)35(33,34)19-6-7-21-20(14-19)29-23(24(2,3)4)31(21)15-17-8-11-25(26,27)12-9-17;1-22(2,3)21-26-18-12-17(33(31,32)27-11-8-16(14-27)20(29)30)4-5-19(18)28(21)13-15-6-9-23(24,25)10-7-15/h6-7,14,17-18H,5,8-13,15-16H2,1-4H3,(H,28,32);4-5,12,15-16H,6-11,13-14H2,1-3H3,(H,29,30)/t18-;16-/m00/s1. The van der Waals surface area contributed by atoms with Crippen LogP contribution in [0.3, 0.4) is 0 Å². The van der Waals surface area contributed by atoms with Gasteiger partial charge < -0.3 is 19.6 Å². The number of carbonyl (C=O) groups is 2. The van der Waals surface area contributed by atoms with Gasteiger partial charge in [0.25, 0.3) is 0 Å². The van der Waals surface area contributed by atoms with Crippen molar-refractivity contribution in [1.82, 2.24) is 33.0 Å². The minimum Gasteiger partial charge on any atom is -0.481 e. The molecular weight excluding hydrogens is 927 g/mol. The Bertz CT molecular complexity index is 2730. The first kappa shape index (κ1) is 51.7. The summed E-state index contributed by atoms with van der Waals surface area (Å²) in [6.07, 6.45) is 2.21. The van der Waals surface area contributed by atoms with Gasteiger partial charge in [0, 0.05) is 82.3 Å². The summed E-state index contributed by atoms with van der Waals surface area (Å²) in [4.78, 5) is 33.2. The molecule has 68 heavy (non-hydrogen) atoms. The quantitative estimate of drug-likeness (QED) is 0.139. The number of halogens is 4.